The molecule has 33 heavy (non-hydrogen) atoms. The molecule has 0 saturated carbocycles. The maximum absolute atomic E-state index is 13.3. The van der Waals surface area contributed by atoms with E-state index in [1.54, 1.807) is 30.3 Å². The highest BCUT2D eigenvalue weighted by Crippen LogP contribution is 2.36. The molecule has 1 fully saturated rings. The molecule has 0 aromatic heterocycles. The number of benzene rings is 2. The molecular weight excluding hydrogens is 461 g/mol. The largest absolute Gasteiger partial charge is 0.480 e. The smallest absolute Gasteiger partial charge is 0.417 e. The highest BCUT2D eigenvalue weighted by atomic mass is 32.2. The van der Waals surface area contributed by atoms with Gasteiger partial charge in [-0.1, -0.05) is 42.5 Å². The van der Waals surface area contributed by atoms with Gasteiger partial charge in [0.15, 0.2) is 0 Å². The first kappa shape index (κ1) is 24.7. The van der Waals surface area contributed by atoms with Gasteiger partial charge in [-0.05, 0) is 30.5 Å². The van der Waals surface area contributed by atoms with Crippen LogP contribution in [0.2, 0.25) is 0 Å². The Morgan fingerprint density at radius 1 is 1.03 bits per heavy atom. The van der Waals surface area contributed by atoms with Crippen LogP contribution in [0.5, 0.6) is 0 Å². The van der Waals surface area contributed by atoms with Gasteiger partial charge in [0.1, 0.15) is 6.04 Å². The van der Waals surface area contributed by atoms with Gasteiger partial charge in [0.2, 0.25) is 15.9 Å². The number of piperidine rings is 1. The third-order valence-corrected chi connectivity index (χ3v) is 7.49. The Bertz CT molecular complexity index is 1100. The van der Waals surface area contributed by atoms with Crippen LogP contribution in [0, 0.1) is 5.92 Å². The van der Waals surface area contributed by atoms with Crippen LogP contribution in [0.3, 0.4) is 0 Å². The molecule has 2 N–H and O–H groups in total. The van der Waals surface area contributed by atoms with Crippen molar-refractivity contribution < 1.29 is 36.3 Å². The summed E-state index contributed by atoms with van der Waals surface area (Å²) < 4.78 is 66.4. The summed E-state index contributed by atoms with van der Waals surface area (Å²) in [5.41, 5.74) is -0.510. The van der Waals surface area contributed by atoms with Crippen LogP contribution in [0.15, 0.2) is 59.5 Å². The van der Waals surface area contributed by atoms with E-state index < -0.39 is 50.5 Å². The van der Waals surface area contributed by atoms with Crippen molar-refractivity contribution in [2.45, 2.75) is 36.4 Å². The predicted molar refractivity (Wildman–Crippen MR) is 113 cm³/mol. The number of carbonyl (C=O) groups is 2. The minimum Gasteiger partial charge on any atom is -0.480 e. The first-order valence-electron chi connectivity index (χ1n) is 10.2. The number of rotatable bonds is 7. The third-order valence-electron chi connectivity index (χ3n) is 5.53. The highest BCUT2D eigenvalue weighted by Gasteiger charge is 2.40. The zero-order valence-electron chi connectivity index (χ0n) is 17.5. The van der Waals surface area contributed by atoms with Gasteiger partial charge >= 0.3 is 12.1 Å². The van der Waals surface area contributed by atoms with Gasteiger partial charge in [0.05, 0.1) is 10.5 Å². The van der Waals surface area contributed by atoms with Crippen LogP contribution >= 0.6 is 0 Å². The van der Waals surface area contributed by atoms with Crippen LogP contribution in [-0.4, -0.2) is 48.8 Å². The van der Waals surface area contributed by atoms with Gasteiger partial charge in [-0.25, -0.2) is 13.2 Å². The molecule has 1 saturated heterocycles. The second-order valence-corrected chi connectivity index (χ2v) is 9.67. The number of carboxylic acids is 1. The first-order chi connectivity index (χ1) is 15.5. The SMILES string of the molecule is O=C(N[C@@H](Cc1ccccc1)C(=O)O)C1CCN(S(=O)(=O)c2ccccc2C(F)(F)F)CC1. The third kappa shape index (κ3) is 5.91. The summed E-state index contributed by atoms with van der Waals surface area (Å²) >= 11 is 0. The van der Waals surface area contributed by atoms with E-state index in [9.17, 15) is 36.3 Å². The summed E-state index contributed by atoms with van der Waals surface area (Å²) in [7, 11) is -4.41. The second-order valence-electron chi connectivity index (χ2n) is 7.76. The van der Waals surface area contributed by atoms with Gasteiger partial charge in [0, 0.05) is 25.4 Å². The number of carbonyl (C=O) groups excluding carboxylic acids is 1. The summed E-state index contributed by atoms with van der Waals surface area (Å²) in [4.78, 5) is 23.4. The number of nitrogens with zero attached hydrogens (tertiary/aromatic N) is 1. The van der Waals surface area contributed by atoms with Crippen molar-refractivity contribution in [3.63, 3.8) is 0 Å². The van der Waals surface area contributed by atoms with Gasteiger partial charge in [-0.3, -0.25) is 4.79 Å². The number of hydrogen-bond donors (Lipinski definition) is 2. The number of sulfonamides is 1. The fourth-order valence-electron chi connectivity index (χ4n) is 3.76. The van der Waals surface area contributed by atoms with Crippen LogP contribution < -0.4 is 5.32 Å². The Hall–Kier alpha value is -2.92. The zero-order chi connectivity index (χ0) is 24.2. The number of carboxylic acid groups (broad SMARTS) is 1. The van der Waals surface area contributed by atoms with Crippen molar-refractivity contribution in [3.8, 4) is 0 Å². The minimum atomic E-state index is -4.83. The molecular formula is C22H23F3N2O5S. The Labute approximate surface area is 189 Å². The molecule has 7 nitrogen and oxygen atoms in total. The molecule has 0 unspecified atom stereocenters. The summed E-state index contributed by atoms with van der Waals surface area (Å²) in [5, 5.41) is 11.9. The molecule has 1 aliphatic heterocycles. The maximum atomic E-state index is 13.3. The number of alkyl halides is 3. The van der Waals surface area contributed by atoms with E-state index in [4.69, 9.17) is 0 Å². The van der Waals surface area contributed by atoms with E-state index in [-0.39, 0.29) is 32.4 Å². The minimum absolute atomic E-state index is 0.0664. The number of aliphatic carboxylic acids is 1. The average Bonchev–Trinajstić information content (AvgIpc) is 2.78. The summed E-state index contributed by atoms with van der Waals surface area (Å²) in [5.74, 6) is -2.37. The van der Waals surface area contributed by atoms with Crippen molar-refractivity contribution >= 4 is 21.9 Å². The van der Waals surface area contributed by atoms with E-state index in [2.05, 4.69) is 5.32 Å². The van der Waals surface area contributed by atoms with Crippen molar-refractivity contribution in [2.75, 3.05) is 13.1 Å². The van der Waals surface area contributed by atoms with Crippen molar-refractivity contribution in [1.29, 1.82) is 0 Å². The fraction of sp³-hybridized carbons (Fsp3) is 0.364. The second kappa shape index (κ2) is 9.92. The number of nitrogens with one attached hydrogen (secondary N) is 1. The molecule has 178 valence electrons. The molecule has 11 heteroatoms. The topological polar surface area (TPSA) is 104 Å². The highest BCUT2D eigenvalue weighted by molar-refractivity contribution is 7.89. The molecule has 1 atom stereocenters. The molecule has 0 aliphatic carbocycles. The summed E-state index contributed by atoms with van der Waals surface area (Å²) in [6.07, 6.45) is -4.61. The monoisotopic (exact) mass is 484 g/mol. The molecule has 1 aliphatic rings. The Morgan fingerprint density at radius 2 is 1.61 bits per heavy atom. The number of amides is 1. The lowest BCUT2D eigenvalue weighted by Crippen LogP contribution is -2.48. The quantitative estimate of drug-likeness (QED) is 0.629. The molecule has 0 radical (unpaired) electrons. The van der Waals surface area contributed by atoms with Gasteiger partial charge in [0.25, 0.3) is 0 Å². The number of hydrogen-bond acceptors (Lipinski definition) is 4. The molecule has 1 heterocycles. The lowest BCUT2D eigenvalue weighted by molar-refractivity contribution is -0.142. The van der Waals surface area contributed by atoms with Crippen molar-refractivity contribution in [3.05, 3.63) is 65.7 Å². The molecule has 2 aromatic rings. The molecule has 0 bridgehead atoms. The zero-order valence-corrected chi connectivity index (χ0v) is 18.3. The van der Waals surface area contributed by atoms with Crippen molar-refractivity contribution in [2.24, 2.45) is 5.92 Å². The predicted octanol–water partition coefficient (Wildman–Crippen LogP) is 2.92. The molecule has 0 spiro atoms. The Morgan fingerprint density at radius 3 is 2.18 bits per heavy atom. The lowest BCUT2D eigenvalue weighted by atomic mass is 9.96. The Balaban J connectivity index is 1.65. The summed E-state index contributed by atoms with van der Waals surface area (Å²) in [6, 6.07) is 11.6. The van der Waals surface area contributed by atoms with Crippen molar-refractivity contribution in [1.82, 2.24) is 9.62 Å². The van der Waals surface area contributed by atoms with Gasteiger partial charge in [-0.15, -0.1) is 0 Å². The van der Waals surface area contributed by atoms with Crippen LogP contribution in [0.4, 0.5) is 13.2 Å². The van der Waals surface area contributed by atoms with Gasteiger partial charge < -0.3 is 10.4 Å². The average molecular weight is 484 g/mol. The normalized spacial score (nSPS) is 16.8. The van der Waals surface area contributed by atoms with E-state index in [0.717, 1.165) is 22.0 Å². The van der Waals surface area contributed by atoms with Crippen LogP contribution in [-0.2, 0) is 32.2 Å². The van der Waals surface area contributed by atoms with Crippen LogP contribution in [0.25, 0.3) is 0 Å². The van der Waals surface area contributed by atoms with E-state index in [1.807, 2.05) is 0 Å². The van der Waals surface area contributed by atoms with Gasteiger partial charge in [-0.2, -0.15) is 17.5 Å². The summed E-state index contributed by atoms with van der Waals surface area (Å²) in [6.45, 7) is -0.300. The van der Waals surface area contributed by atoms with E-state index in [1.165, 1.54) is 6.07 Å². The Kier molecular flexibility index (Phi) is 7.43. The molecule has 3 rings (SSSR count). The molecule has 2 aromatic carbocycles. The first-order valence-corrected chi connectivity index (χ1v) is 11.7. The fourth-order valence-corrected chi connectivity index (χ4v) is 5.44. The van der Waals surface area contributed by atoms with E-state index in [0.29, 0.717) is 6.07 Å². The van der Waals surface area contributed by atoms with E-state index >= 15 is 0 Å². The number of halogens is 3. The molecule has 1 amide bonds. The standard InChI is InChI=1S/C22H23F3N2O5S/c23-22(24,25)17-8-4-5-9-19(17)33(31,32)27-12-10-16(11-13-27)20(28)26-18(21(29)30)14-15-6-2-1-3-7-15/h1-9,16,18H,10-14H2,(H,26,28)(H,29,30)/t18-/m0/s1. The lowest BCUT2D eigenvalue weighted by Gasteiger charge is -2.31. The maximum Gasteiger partial charge on any atom is 0.417 e. The van der Waals surface area contributed by atoms with Crippen LogP contribution in [0.1, 0.15) is 24.0 Å².